The molecular weight excluding hydrogens is 258 g/mol. The Bertz CT molecular complexity index is 587. The van der Waals surface area contributed by atoms with Crippen molar-refractivity contribution >= 4 is 17.2 Å². The summed E-state index contributed by atoms with van der Waals surface area (Å²) in [5.41, 5.74) is 0. The number of nitrogens with zero attached hydrogens (tertiary/aromatic N) is 2. The number of rotatable bonds is 3. The molecule has 1 aliphatic heterocycles. The fourth-order valence-corrected chi connectivity index (χ4v) is 3.28. The number of aromatic nitrogens is 2. The van der Waals surface area contributed by atoms with Crippen molar-refractivity contribution in [1.82, 2.24) is 14.9 Å². The van der Waals surface area contributed by atoms with Crippen molar-refractivity contribution in [3.63, 3.8) is 0 Å². The summed E-state index contributed by atoms with van der Waals surface area (Å²) in [6.45, 7) is 2.93. The van der Waals surface area contributed by atoms with Crippen LogP contribution in [0.2, 0.25) is 0 Å². The summed E-state index contributed by atoms with van der Waals surface area (Å²) in [6, 6.07) is 4.17. The van der Waals surface area contributed by atoms with Crippen molar-refractivity contribution < 1.29 is 4.79 Å². The van der Waals surface area contributed by atoms with Gasteiger partial charge in [-0.05, 0) is 25.0 Å². The van der Waals surface area contributed by atoms with Crippen LogP contribution in [0.3, 0.4) is 0 Å². The molecule has 3 rings (SSSR count). The van der Waals surface area contributed by atoms with E-state index in [9.17, 15) is 4.79 Å². The van der Waals surface area contributed by atoms with Crippen molar-refractivity contribution in [3.8, 4) is 0 Å². The topological polar surface area (TPSA) is 46.9 Å². The Kier molecular flexibility index (Phi) is 3.38. The summed E-state index contributed by atoms with van der Waals surface area (Å²) in [6.07, 6.45) is 6.69. The maximum Gasteiger partial charge on any atom is 0.261 e. The molecule has 0 aliphatic carbocycles. The number of aryl methyl sites for hydroxylation is 2. The number of imidazole rings is 1. The third-order valence-corrected chi connectivity index (χ3v) is 4.73. The molecule has 0 saturated carbocycles. The van der Waals surface area contributed by atoms with Gasteiger partial charge >= 0.3 is 0 Å². The van der Waals surface area contributed by atoms with E-state index in [0.717, 1.165) is 36.5 Å². The third-order valence-electron chi connectivity index (χ3n) is 3.50. The first kappa shape index (κ1) is 12.4. The van der Waals surface area contributed by atoms with Gasteiger partial charge < -0.3 is 9.88 Å². The quantitative estimate of drug-likeness (QED) is 0.934. The second-order valence-electron chi connectivity index (χ2n) is 4.82. The molecule has 0 radical (unpaired) electrons. The van der Waals surface area contributed by atoms with Crippen molar-refractivity contribution in [2.75, 3.05) is 0 Å². The van der Waals surface area contributed by atoms with Crippen LogP contribution < -0.4 is 5.32 Å². The molecule has 1 atom stereocenters. The fraction of sp³-hybridized carbons (Fsp3) is 0.429. The highest BCUT2D eigenvalue weighted by atomic mass is 32.1. The van der Waals surface area contributed by atoms with E-state index in [4.69, 9.17) is 0 Å². The first-order valence-electron chi connectivity index (χ1n) is 6.66. The van der Waals surface area contributed by atoms with E-state index in [1.54, 1.807) is 11.3 Å². The molecule has 0 fully saturated rings. The van der Waals surface area contributed by atoms with Gasteiger partial charge in [0.05, 0.1) is 4.88 Å². The van der Waals surface area contributed by atoms with Crippen molar-refractivity contribution in [2.24, 2.45) is 0 Å². The molecule has 5 heteroatoms. The normalized spacial score (nSPS) is 18.1. The summed E-state index contributed by atoms with van der Waals surface area (Å²) in [4.78, 5) is 18.5. The summed E-state index contributed by atoms with van der Waals surface area (Å²) in [5.74, 6) is 1.17. The monoisotopic (exact) mass is 275 g/mol. The van der Waals surface area contributed by atoms with E-state index in [-0.39, 0.29) is 11.9 Å². The third kappa shape index (κ3) is 2.56. The lowest BCUT2D eigenvalue weighted by Gasteiger charge is -2.24. The van der Waals surface area contributed by atoms with E-state index in [1.165, 1.54) is 4.88 Å². The highest BCUT2D eigenvalue weighted by molar-refractivity contribution is 7.14. The molecule has 0 spiro atoms. The Labute approximate surface area is 116 Å². The summed E-state index contributed by atoms with van der Waals surface area (Å²) < 4.78 is 2.13. The SMILES string of the molecule is CCc1ccc(C(=O)N[C@@H]2CCc3nccn3C2)s1. The maximum absolute atomic E-state index is 12.2. The molecule has 1 N–H and O–H groups in total. The molecule has 3 heterocycles. The number of carbonyl (C=O) groups excluding carboxylic acids is 1. The second-order valence-corrected chi connectivity index (χ2v) is 5.99. The minimum absolute atomic E-state index is 0.0539. The van der Waals surface area contributed by atoms with Crippen LogP contribution in [0, 0.1) is 0 Å². The van der Waals surface area contributed by atoms with Crippen LogP contribution >= 0.6 is 11.3 Å². The average molecular weight is 275 g/mol. The van der Waals surface area contributed by atoms with Crippen molar-refractivity contribution in [3.05, 3.63) is 40.1 Å². The molecule has 0 aromatic carbocycles. The van der Waals surface area contributed by atoms with Gasteiger partial charge in [0.2, 0.25) is 0 Å². The van der Waals surface area contributed by atoms with Crippen LogP contribution in [-0.4, -0.2) is 21.5 Å². The highest BCUT2D eigenvalue weighted by Crippen LogP contribution is 2.18. The van der Waals surface area contributed by atoms with Gasteiger partial charge in [-0.3, -0.25) is 4.79 Å². The number of amides is 1. The van der Waals surface area contributed by atoms with E-state index >= 15 is 0 Å². The van der Waals surface area contributed by atoms with Crippen LogP contribution in [-0.2, 0) is 19.4 Å². The molecule has 2 aromatic rings. The average Bonchev–Trinajstić information content (AvgIpc) is 3.06. The first-order chi connectivity index (χ1) is 9.26. The van der Waals surface area contributed by atoms with Crippen LogP contribution in [0.5, 0.6) is 0 Å². The Balaban J connectivity index is 1.64. The molecule has 1 aliphatic rings. The zero-order chi connectivity index (χ0) is 13.2. The Hall–Kier alpha value is -1.62. The summed E-state index contributed by atoms with van der Waals surface area (Å²) >= 11 is 1.59. The highest BCUT2D eigenvalue weighted by Gasteiger charge is 2.21. The largest absolute Gasteiger partial charge is 0.347 e. The van der Waals surface area contributed by atoms with E-state index in [1.807, 2.05) is 24.5 Å². The van der Waals surface area contributed by atoms with Crippen molar-refractivity contribution in [2.45, 2.75) is 38.8 Å². The van der Waals surface area contributed by atoms with Gasteiger partial charge in [-0.25, -0.2) is 4.98 Å². The van der Waals surface area contributed by atoms with Gasteiger partial charge in [-0.1, -0.05) is 6.92 Å². The van der Waals surface area contributed by atoms with Gasteiger partial charge in [0, 0.05) is 36.3 Å². The minimum Gasteiger partial charge on any atom is -0.347 e. The zero-order valence-electron chi connectivity index (χ0n) is 10.9. The van der Waals surface area contributed by atoms with Crippen LogP contribution in [0.1, 0.15) is 33.7 Å². The lowest BCUT2D eigenvalue weighted by molar-refractivity contribution is 0.0931. The standard InChI is InChI=1S/C14H17N3OS/c1-2-11-4-5-12(19-11)14(18)16-10-3-6-13-15-7-8-17(13)9-10/h4-5,7-8,10H,2-3,6,9H2,1H3,(H,16,18)/t10-/m1/s1. The van der Waals surface area contributed by atoms with Gasteiger partial charge in [0.15, 0.2) is 0 Å². The molecule has 1 amide bonds. The molecular formula is C14H17N3OS. The molecule has 0 saturated heterocycles. The molecule has 2 aromatic heterocycles. The van der Waals surface area contributed by atoms with Crippen molar-refractivity contribution in [1.29, 1.82) is 0 Å². The number of nitrogens with one attached hydrogen (secondary N) is 1. The predicted octanol–water partition coefficient (Wildman–Crippen LogP) is 2.25. The molecule has 4 nitrogen and oxygen atoms in total. The van der Waals surface area contributed by atoms with E-state index in [2.05, 4.69) is 21.8 Å². The number of hydrogen-bond donors (Lipinski definition) is 1. The van der Waals surface area contributed by atoms with Gasteiger partial charge in [-0.2, -0.15) is 0 Å². The second kappa shape index (κ2) is 5.17. The predicted molar refractivity (Wildman–Crippen MR) is 75.5 cm³/mol. The molecule has 100 valence electrons. The first-order valence-corrected chi connectivity index (χ1v) is 7.47. The summed E-state index contributed by atoms with van der Waals surface area (Å²) in [5, 5.41) is 3.13. The summed E-state index contributed by atoms with van der Waals surface area (Å²) in [7, 11) is 0. The Morgan fingerprint density at radius 3 is 3.26 bits per heavy atom. The maximum atomic E-state index is 12.2. The number of fused-ring (bicyclic) bond motifs is 1. The minimum atomic E-state index is 0.0539. The Morgan fingerprint density at radius 1 is 1.58 bits per heavy atom. The van der Waals surface area contributed by atoms with Gasteiger partial charge in [0.1, 0.15) is 5.82 Å². The van der Waals surface area contributed by atoms with Gasteiger partial charge in [-0.15, -0.1) is 11.3 Å². The van der Waals surface area contributed by atoms with Crippen LogP contribution in [0.25, 0.3) is 0 Å². The zero-order valence-corrected chi connectivity index (χ0v) is 11.7. The fourth-order valence-electron chi connectivity index (χ4n) is 2.43. The van der Waals surface area contributed by atoms with E-state index in [0.29, 0.717) is 0 Å². The lowest BCUT2D eigenvalue weighted by atomic mass is 10.1. The molecule has 0 unspecified atom stereocenters. The van der Waals surface area contributed by atoms with Crippen LogP contribution in [0.4, 0.5) is 0 Å². The van der Waals surface area contributed by atoms with E-state index < -0.39 is 0 Å². The van der Waals surface area contributed by atoms with Gasteiger partial charge in [0.25, 0.3) is 5.91 Å². The smallest absolute Gasteiger partial charge is 0.261 e. The Morgan fingerprint density at radius 2 is 2.47 bits per heavy atom. The molecule has 0 bridgehead atoms. The lowest BCUT2D eigenvalue weighted by Crippen LogP contribution is -2.40. The number of thiophene rings is 1. The number of carbonyl (C=O) groups is 1. The van der Waals surface area contributed by atoms with Crippen LogP contribution in [0.15, 0.2) is 24.5 Å². The molecule has 19 heavy (non-hydrogen) atoms. The number of hydrogen-bond acceptors (Lipinski definition) is 3.